The molecule has 3 rings (SSSR count). The number of nitrogens with zero attached hydrogens (tertiary/aromatic N) is 2. The monoisotopic (exact) mass is 406 g/mol. The summed E-state index contributed by atoms with van der Waals surface area (Å²) in [6.45, 7) is 1.40. The molecule has 2 aromatic rings. The van der Waals surface area contributed by atoms with E-state index in [1.165, 1.54) is 18.4 Å². The molecule has 1 aromatic carbocycles. The second-order valence-corrected chi connectivity index (χ2v) is 7.31. The molecule has 9 heteroatoms. The third kappa shape index (κ3) is 3.72. The van der Waals surface area contributed by atoms with Crippen LogP contribution in [0.15, 0.2) is 18.2 Å². The van der Waals surface area contributed by atoms with E-state index in [2.05, 4.69) is 4.98 Å². The van der Waals surface area contributed by atoms with Crippen molar-refractivity contribution in [2.45, 2.75) is 12.5 Å². The van der Waals surface area contributed by atoms with Crippen LogP contribution in [0.5, 0.6) is 5.75 Å². The van der Waals surface area contributed by atoms with Crippen LogP contribution in [0.4, 0.5) is 5.13 Å². The molecule has 1 fully saturated rings. The molecule has 0 saturated carbocycles. The van der Waals surface area contributed by atoms with Gasteiger partial charge in [-0.05, 0) is 12.1 Å². The first kappa shape index (κ1) is 17.6. The van der Waals surface area contributed by atoms with E-state index in [0.717, 1.165) is 13.0 Å². The zero-order valence-corrected chi connectivity index (χ0v) is 15.7. The third-order valence-electron chi connectivity index (χ3n) is 3.55. The summed E-state index contributed by atoms with van der Waals surface area (Å²) >= 11 is 19.1. The van der Waals surface area contributed by atoms with Gasteiger partial charge in [0.15, 0.2) is 15.2 Å². The predicted octanol–water partition coefficient (Wildman–Crippen LogP) is 4.55. The normalized spacial score (nSPS) is 17.2. The maximum Gasteiger partial charge on any atom is 0.351 e. The number of anilines is 1. The standard InChI is InChI=1S/C15H13Cl3N2O3S/c1-22-14(21)12-13(18)19-15(24-12)20-5-4-9(7-20)23-8-2-3-10(16)11(17)6-8/h2-3,6,9H,4-5,7H2,1H3. The lowest BCUT2D eigenvalue weighted by atomic mass is 10.3. The highest BCUT2D eigenvalue weighted by Crippen LogP contribution is 2.33. The van der Waals surface area contributed by atoms with Crippen molar-refractivity contribution in [3.8, 4) is 5.75 Å². The Kier molecular flexibility index (Phi) is 5.39. The van der Waals surface area contributed by atoms with Crippen molar-refractivity contribution in [3.05, 3.63) is 38.3 Å². The van der Waals surface area contributed by atoms with E-state index in [9.17, 15) is 4.79 Å². The van der Waals surface area contributed by atoms with E-state index in [-0.39, 0.29) is 11.3 Å². The van der Waals surface area contributed by atoms with Gasteiger partial charge in [0.25, 0.3) is 0 Å². The number of hydrogen-bond acceptors (Lipinski definition) is 6. The van der Waals surface area contributed by atoms with E-state index in [4.69, 9.17) is 44.3 Å². The summed E-state index contributed by atoms with van der Waals surface area (Å²) in [6, 6.07) is 5.18. The minimum atomic E-state index is -0.480. The van der Waals surface area contributed by atoms with Gasteiger partial charge in [-0.1, -0.05) is 46.1 Å². The molecular weight excluding hydrogens is 395 g/mol. The lowest BCUT2D eigenvalue weighted by molar-refractivity contribution is 0.0606. The number of methoxy groups -OCH3 is 1. The van der Waals surface area contributed by atoms with Crippen molar-refractivity contribution in [3.63, 3.8) is 0 Å². The van der Waals surface area contributed by atoms with Crippen LogP contribution >= 0.6 is 46.1 Å². The topological polar surface area (TPSA) is 51.7 Å². The number of carbonyl (C=O) groups excluding carboxylic acids is 1. The summed E-state index contributed by atoms with van der Waals surface area (Å²) in [5, 5.41) is 1.79. The Morgan fingerprint density at radius 2 is 2.12 bits per heavy atom. The number of ether oxygens (including phenoxy) is 2. The van der Waals surface area contributed by atoms with Crippen molar-refractivity contribution in [2.75, 3.05) is 25.1 Å². The first-order valence-electron chi connectivity index (χ1n) is 7.09. The summed E-state index contributed by atoms with van der Waals surface area (Å²) in [7, 11) is 1.31. The van der Waals surface area contributed by atoms with Gasteiger partial charge in [-0.3, -0.25) is 0 Å². The third-order valence-corrected chi connectivity index (χ3v) is 5.78. The number of aromatic nitrogens is 1. The molecule has 0 spiro atoms. The Balaban J connectivity index is 1.67. The fraction of sp³-hybridized carbons (Fsp3) is 0.333. The Bertz CT molecular complexity index is 768. The number of benzene rings is 1. The van der Waals surface area contributed by atoms with Crippen molar-refractivity contribution in [1.82, 2.24) is 4.98 Å². The molecule has 0 aliphatic carbocycles. The second-order valence-electron chi connectivity index (χ2n) is 5.16. The molecule has 0 N–H and O–H groups in total. The van der Waals surface area contributed by atoms with Gasteiger partial charge in [0, 0.05) is 19.0 Å². The maximum atomic E-state index is 11.6. The van der Waals surface area contributed by atoms with Gasteiger partial charge in [0.2, 0.25) is 0 Å². The Morgan fingerprint density at radius 3 is 2.83 bits per heavy atom. The molecule has 1 atom stereocenters. The van der Waals surface area contributed by atoms with E-state index in [1.54, 1.807) is 18.2 Å². The van der Waals surface area contributed by atoms with Gasteiger partial charge in [-0.15, -0.1) is 0 Å². The summed E-state index contributed by atoms with van der Waals surface area (Å²) < 4.78 is 10.6. The van der Waals surface area contributed by atoms with Crippen LogP contribution in [0.2, 0.25) is 15.2 Å². The number of halogens is 3. The predicted molar refractivity (Wildman–Crippen MR) is 96.2 cm³/mol. The molecule has 128 valence electrons. The molecule has 2 heterocycles. The number of esters is 1. The summed E-state index contributed by atoms with van der Waals surface area (Å²) in [5.41, 5.74) is 0. The lowest BCUT2D eigenvalue weighted by Gasteiger charge is -2.16. The highest BCUT2D eigenvalue weighted by Gasteiger charge is 2.28. The highest BCUT2D eigenvalue weighted by atomic mass is 35.5. The van der Waals surface area contributed by atoms with Crippen molar-refractivity contribution in [1.29, 1.82) is 0 Å². The zero-order valence-electron chi connectivity index (χ0n) is 12.6. The first-order valence-corrected chi connectivity index (χ1v) is 9.04. The molecule has 0 bridgehead atoms. The molecular formula is C15H13Cl3N2O3S. The van der Waals surface area contributed by atoms with Gasteiger partial charge >= 0.3 is 5.97 Å². The summed E-state index contributed by atoms with van der Waals surface area (Å²) in [6.07, 6.45) is 0.817. The van der Waals surface area contributed by atoms with E-state index in [1.807, 2.05) is 4.90 Å². The van der Waals surface area contributed by atoms with Crippen LogP contribution in [0.1, 0.15) is 16.1 Å². The van der Waals surface area contributed by atoms with Gasteiger partial charge in [-0.2, -0.15) is 0 Å². The lowest BCUT2D eigenvalue weighted by Crippen LogP contribution is -2.24. The van der Waals surface area contributed by atoms with Crippen LogP contribution in [0.3, 0.4) is 0 Å². The molecule has 0 amide bonds. The minimum absolute atomic E-state index is 0.00788. The van der Waals surface area contributed by atoms with Crippen LogP contribution in [-0.2, 0) is 4.74 Å². The highest BCUT2D eigenvalue weighted by molar-refractivity contribution is 7.18. The SMILES string of the molecule is COC(=O)c1sc(N2CCC(Oc3ccc(Cl)c(Cl)c3)C2)nc1Cl. The van der Waals surface area contributed by atoms with Crippen LogP contribution in [0, 0.1) is 0 Å². The Hall–Kier alpha value is -1.21. The fourth-order valence-electron chi connectivity index (χ4n) is 2.39. The molecule has 5 nitrogen and oxygen atoms in total. The number of hydrogen-bond donors (Lipinski definition) is 0. The maximum absolute atomic E-state index is 11.6. The van der Waals surface area contributed by atoms with Crippen LogP contribution < -0.4 is 9.64 Å². The quantitative estimate of drug-likeness (QED) is 0.696. The first-order chi connectivity index (χ1) is 11.5. The number of carbonyl (C=O) groups is 1. The molecule has 1 aliphatic rings. The average Bonchev–Trinajstić information content (AvgIpc) is 3.17. The van der Waals surface area contributed by atoms with Crippen LogP contribution in [0.25, 0.3) is 0 Å². The smallest absolute Gasteiger partial charge is 0.351 e. The van der Waals surface area contributed by atoms with E-state index >= 15 is 0 Å². The summed E-state index contributed by atoms with van der Waals surface area (Å²) in [4.78, 5) is 18.2. The van der Waals surface area contributed by atoms with Gasteiger partial charge < -0.3 is 14.4 Å². The molecule has 1 saturated heterocycles. The van der Waals surface area contributed by atoms with Gasteiger partial charge in [0.05, 0.1) is 23.7 Å². The number of rotatable bonds is 4. The number of thiazole rings is 1. The Labute approximate surface area is 158 Å². The largest absolute Gasteiger partial charge is 0.488 e. The van der Waals surface area contributed by atoms with Gasteiger partial charge in [-0.25, -0.2) is 9.78 Å². The summed E-state index contributed by atoms with van der Waals surface area (Å²) in [5.74, 6) is 0.190. The van der Waals surface area contributed by atoms with Crippen molar-refractivity contribution >= 4 is 57.2 Å². The molecule has 1 aromatic heterocycles. The molecule has 1 aliphatic heterocycles. The Morgan fingerprint density at radius 1 is 1.33 bits per heavy atom. The van der Waals surface area contributed by atoms with E-state index < -0.39 is 5.97 Å². The molecule has 0 radical (unpaired) electrons. The second kappa shape index (κ2) is 7.35. The average molecular weight is 408 g/mol. The van der Waals surface area contributed by atoms with Crippen molar-refractivity contribution < 1.29 is 14.3 Å². The fourth-order valence-corrected chi connectivity index (χ4v) is 3.91. The molecule has 1 unspecified atom stereocenters. The van der Waals surface area contributed by atoms with Crippen LogP contribution in [-0.4, -0.2) is 37.3 Å². The zero-order chi connectivity index (χ0) is 17.3. The van der Waals surface area contributed by atoms with E-state index in [0.29, 0.717) is 32.3 Å². The molecule has 24 heavy (non-hydrogen) atoms. The van der Waals surface area contributed by atoms with Gasteiger partial charge in [0.1, 0.15) is 11.9 Å². The van der Waals surface area contributed by atoms with Crippen molar-refractivity contribution in [2.24, 2.45) is 0 Å². The minimum Gasteiger partial charge on any atom is -0.488 e.